The minimum atomic E-state index is -0.148. The van der Waals surface area contributed by atoms with Gasteiger partial charge in [0, 0.05) is 6.04 Å². The van der Waals surface area contributed by atoms with Crippen LogP contribution in [-0.4, -0.2) is 11.9 Å². The van der Waals surface area contributed by atoms with E-state index in [2.05, 4.69) is 18.5 Å². The fraction of sp³-hybridized carbons (Fsp3) is 0.281. The maximum atomic E-state index is 13.5. The van der Waals surface area contributed by atoms with E-state index in [0.29, 0.717) is 30.3 Å². The molecule has 4 nitrogen and oxygen atoms in total. The van der Waals surface area contributed by atoms with Crippen molar-refractivity contribution in [1.29, 1.82) is 0 Å². The zero-order valence-electron chi connectivity index (χ0n) is 21.0. The first-order valence-electron chi connectivity index (χ1n) is 12.7. The Morgan fingerprint density at radius 1 is 0.750 bits per heavy atom. The summed E-state index contributed by atoms with van der Waals surface area (Å²) in [5.41, 5.74) is 2.55. The highest BCUT2D eigenvalue weighted by Gasteiger charge is 2.20. The number of carbonyl (C=O) groups excluding carboxylic acids is 1. The Morgan fingerprint density at radius 3 is 1.86 bits per heavy atom. The Balaban J connectivity index is 1.81. The van der Waals surface area contributed by atoms with Crippen LogP contribution in [0, 0.1) is 0 Å². The maximum absolute atomic E-state index is 13.5. The molecule has 0 aliphatic rings. The monoisotopic (exact) mass is 483 g/mol. The summed E-state index contributed by atoms with van der Waals surface area (Å²) in [6.07, 6.45) is 9.49. The van der Waals surface area contributed by atoms with Crippen molar-refractivity contribution in [2.24, 2.45) is 0 Å². The molecule has 0 bridgehead atoms. The van der Waals surface area contributed by atoms with Gasteiger partial charge in [0.25, 0.3) is 5.91 Å². The fourth-order valence-electron chi connectivity index (χ4n) is 3.99. The summed E-state index contributed by atoms with van der Waals surface area (Å²) >= 11 is 0. The number of hydrogen-bond acceptors (Lipinski definition) is 3. The molecule has 3 rings (SSSR count). The number of ether oxygens (including phenoxy) is 2. The van der Waals surface area contributed by atoms with Crippen molar-refractivity contribution < 1.29 is 14.3 Å². The van der Waals surface area contributed by atoms with E-state index in [4.69, 9.17) is 9.47 Å². The van der Waals surface area contributed by atoms with Crippen LogP contribution in [0.2, 0.25) is 0 Å². The normalized spacial score (nSPS) is 10.6. The Kier molecular flexibility index (Phi) is 11.4. The van der Waals surface area contributed by atoms with Gasteiger partial charge in [0.05, 0.1) is 5.56 Å². The van der Waals surface area contributed by atoms with Crippen molar-refractivity contribution in [3.63, 3.8) is 0 Å². The van der Waals surface area contributed by atoms with Crippen molar-refractivity contribution in [2.45, 2.75) is 57.8 Å². The predicted molar refractivity (Wildman–Crippen MR) is 147 cm³/mol. The molecule has 0 radical (unpaired) electrons. The summed E-state index contributed by atoms with van der Waals surface area (Å²) in [5, 5.41) is 3.25. The van der Waals surface area contributed by atoms with E-state index in [1.54, 1.807) is 6.07 Å². The van der Waals surface area contributed by atoms with Crippen molar-refractivity contribution in [1.82, 2.24) is 5.32 Å². The molecule has 0 saturated heterocycles. The maximum Gasteiger partial charge on any atom is 0.255 e. The van der Waals surface area contributed by atoms with Crippen LogP contribution in [0.4, 0.5) is 0 Å². The van der Waals surface area contributed by atoms with Crippen molar-refractivity contribution in [3.8, 4) is 11.5 Å². The number of nitrogens with one attached hydrogen (secondary N) is 1. The molecular formula is C32H37NO3. The lowest BCUT2D eigenvalue weighted by atomic mass is 10.0. The summed E-state index contributed by atoms with van der Waals surface area (Å²) in [7, 11) is 0. The molecule has 36 heavy (non-hydrogen) atoms. The molecule has 3 aromatic carbocycles. The molecule has 0 heterocycles. The minimum absolute atomic E-state index is 0.0771. The van der Waals surface area contributed by atoms with E-state index in [0.717, 1.165) is 49.7 Å². The molecule has 0 fully saturated rings. The summed E-state index contributed by atoms with van der Waals surface area (Å²) in [6.45, 7) is 8.36. The first kappa shape index (κ1) is 26.8. The number of rotatable bonds is 16. The second-order valence-electron chi connectivity index (χ2n) is 8.79. The zero-order valence-corrected chi connectivity index (χ0v) is 21.0. The van der Waals surface area contributed by atoms with Gasteiger partial charge in [-0.1, -0.05) is 78.9 Å². The summed E-state index contributed by atoms with van der Waals surface area (Å²) in [6, 6.07) is 25.5. The lowest BCUT2D eigenvalue weighted by molar-refractivity contribution is 0.0926. The number of hydrogen-bond donors (Lipinski definition) is 1. The molecule has 0 aromatic heterocycles. The molecule has 3 aromatic rings. The van der Waals surface area contributed by atoms with E-state index < -0.39 is 0 Å². The van der Waals surface area contributed by atoms with Gasteiger partial charge in [0.15, 0.2) is 11.5 Å². The fourth-order valence-corrected chi connectivity index (χ4v) is 3.99. The molecule has 0 aliphatic heterocycles. The number of carbonyl (C=O) groups is 1. The summed E-state index contributed by atoms with van der Waals surface area (Å²) in [5.74, 6) is 0.869. The van der Waals surface area contributed by atoms with Gasteiger partial charge < -0.3 is 14.8 Å². The third-order valence-corrected chi connectivity index (χ3v) is 5.94. The highest BCUT2D eigenvalue weighted by Crippen LogP contribution is 2.33. The topological polar surface area (TPSA) is 47.6 Å². The van der Waals surface area contributed by atoms with E-state index in [1.165, 1.54) is 0 Å². The summed E-state index contributed by atoms with van der Waals surface area (Å²) < 4.78 is 12.4. The van der Waals surface area contributed by atoms with Gasteiger partial charge in [-0.25, -0.2) is 0 Å². The molecule has 0 aliphatic carbocycles. The van der Waals surface area contributed by atoms with Crippen LogP contribution in [0.3, 0.4) is 0 Å². The minimum Gasteiger partial charge on any atom is -0.485 e. The van der Waals surface area contributed by atoms with Crippen molar-refractivity contribution in [2.75, 3.05) is 0 Å². The van der Waals surface area contributed by atoms with Crippen LogP contribution < -0.4 is 14.8 Å². The Morgan fingerprint density at radius 2 is 1.31 bits per heavy atom. The van der Waals surface area contributed by atoms with E-state index >= 15 is 0 Å². The molecule has 1 amide bonds. The average molecular weight is 484 g/mol. The van der Waals surface area contributed by atoms with E-state index in [9.17, 15) is 4.79 Å². The molecule has 0 atom stereocenters. The van der Waals surface area contributed by atoms with Crippen LogP contribution in [0.25, 0.3) is 0 Å². The van der Waals surface area contributed by atoms with Gasteiger partial charge in [0.2, 0.25) is 0 Å². The lowest BCUT2D eigenvalue weighted by Gasteiger charge is -2.21. The third-order valence-electron chi connectivity index (χ3n) is 5.94. The van der Waals surface area contributed by atoms with Gasteiger partial charge in [-0.05, 0) is 61.8 Å². The van der Waals surface area contributed by atoms with Crippen molar-refractivity contribution in [3.05, 3.63) is 121 Å². The average Bonchev–Trinajstić information content (AvgIpc) is 2.92. The Bertz CT molecular complexity index is 1070. The second kappa shape index (κ2) is 15.3. The summed E-state index contributed by atoms with van der Waals surface area (Å²) in [4.78, 5) is 13.5. The van der Waals surface area contributed by atoms with Crippen LogP contribution in [0.5, 0.6) is 11.5 Å². The number of benzene rings is 3. The van der Waals surface area contributed by atoms with Gasteiger partial charge in [-0.3, -0.25) is 4.79 Å². The van der Waals surface area contributed by atoms with Gasteiger partial charge >= 0.3 is 0 Å². The van der Waals surface area contributed by atoms with E-state index in [1.807, 2.05) is 84.9 Å². The molecule has 1 N–H and O–H groups in total. The molecule has 0 spiro atoms. The lowest BCUT2D eigenvalue weighted by Crippen LogP contribution is -2.35. The first-order chi connectivity index (χ1) is 17.7. The van der Waals surface area contributed by atoms with Gasteiger partial charge in [0.1, 0.15) is 13.2 Å². The SMILES string of the molecule is C=CCCCC(CCCC=C)NC(=O)c1cccc(OCc2ccccc2)c1OCc1ccccc1. The highest BCUT2D eigenvalue weighted by atomic mass is 16.5. The molecule has 4 heteroatoms. The molecule has 0 unspecified atom stereocenters. The molecular weight excluding hydrogens is 446 g/mol. The van der Waals surface area contributed by atoms with Crippen LogP contribution >= 0.6 is 0 Å². The van der Waals surface area contributed by atoms with Crippen LogP contribution in [0.1, 0.15) is 60.0 Å². The Hall–Kier alpha value is -3.79. The molecule has 0 saturated carbocycles. The number of allylic oxidation sites excluding steroid dienone is 2. The van der Waals surface area contributed by atoms with Crippen LogP contribution in [0.15, 0.2) is 104 Å². The molecule has 188 valence electrons. The van der Waals surface area contributed by atoms with E-state index in [-0.39, 0.29) is 11.9 Å². The first-order valence-corrected chi connectivity index (χ1v) is 12.7. The quantitative estimate of drug-likeness (QED) is 0.168. The second-order valence-corrected chi connectivity index (χ2v) is 8.79. The third kappa shape index (κ3) is 8.77. The zero-order chi connectivity index (χ0) is 25.4. The number of para-hydroxylation sites is 1. The predicted octanol–water partition coefficient (Wildman–Crippen LogP) is 7.66. The standard InChI is InChI=1S/C32H37NO3/c1-3-5-9-20-28(21-10-6-4-2)33-32(34)29-22-15-23-30(35-24-26-16-11-7-12-17-26)31(29)36-25-27-18-13-8-14-19-27/h3-4,7-8,11-19,22-23,28H,1-2,5-6,9-10,20-21,24-25H2,(H,33,34). The highest BCUT2D eigenvalue weighted by molar-refractivity contribution is 5.98. The number of unbranched alkanes of at least 4 members (excludes halogenated alkanes) is 2. The largest absolute Gasteiger partial charge is 0.485 e. The number of amides is 1. The van der Waals surface area contributed by atoms with Crippen molar-refractivity contribution >= 4 is 5.91 Å². The smallest absolute Gasteiger partial charge is 0.255 e. The van der Waals surface area contributed by atoms with Crippen LogP contribution in [-0.2, 0) is 13.2 Å². The van der Waals surface area contributed by atoms with Gasteiger partial charge in [-0.2, -0.15) is 0 Å². The van der Waals surface area contributed by atoms with Gasteiger partial charge in [-0.15, -0.1) is 13.2 Å². The Labute approximate surface area is 215 Å².